The van der Waals surface area contributed by atoms with Crippen LogP contribution in [0.2, 0.25) is 0 Å². The van der Waals surface area contributed by atoms with Gasteiger partial charge in [-0.1, -0.05) is 0 Å². The Balaban J connectivity index is 2.60. The molecule has 0 aliphatic carbocycles. The lowest BCUT2D eigenvalue weighted by Gasteiger charge is -2.13. The van der Waals surface area contributed by atoms with E-state index in [1.54, 1.807) is 25.6 Å². The zero-order chi connectivity index (χ0) is 11.3. The molecule has 0 fully saturated rings. The van der Waals surface area contributed by atoms with Crippen LogP contribution in [-0.4, -0.2) is 29.9 Å². The van der Waals surface area contributed by atoms with Gasteiger partial charge in [-0.15, -0.1) is 0 Å². The van der Waals surface area contributed by atoms with E-state index >= 15 is 0 Å². The number of rotatable bonds is 5. The van der Waals surface area contributed by atoms with Gasteiger partial charge in [-0.2, -0.15) is 0 Å². The van der Waals surface area contributed by atoms with E-state index in [0.29, 0.717) is 11.3 Å². The molecule has 0 aliphatic heterocycles. The third-order valence-electron chi connectivity index (χ3n) is 1.94. The van der Waals surface area contributed by atoms with Crippen molar-refractivity contribution in [1.82, 2.24) is 4.98 Å². The minimum atomic E-state index is -0.657. The molecule has 15 heavy (non-hydrogen) atoms. The smallest absolute Gasteiger partial charge is 0.137 e. The summed E-state index contributed by atoms with van der Waals surface area (Å²) in [4.78, 5) is 3.96. The van der Waals surface area contributed by atoms with Crippen molar-refractivity contribution in [2.24, 2.45) is 0 Å². The van der Waals surface area contributed by atoms with E-state index in [4.69, 9.17) is 9.47 Å². The summed E-state index contributed by atoms with van der Waals surface area (Å²) in [5, 5.41) is 9.77. The summed E-state index contributed by atoms with van der Waals surface area (Å²) in [7, 11) is 1.57. The molecule has 0 saturated carbocycles. The number of hydrogen-bond acceptors (Lipinski definition) is 4. The summed E-state index contributed by atoms with van der Waals surface area (Å²) in [5.41, 5.74) is 0.704. The van der Waals surface area contributed by atoms with Gasteiger partial charge < -0.3 is 14.6 Å². The summed E-state index contributed by atoms with van der Waals surface area (Å²) < 4.78 is 10.3. The van der Waals surface area contributed by atoms with Gasteiger partial charge >= 0.3 is 0 Å². The Morgan fingerprint density at radius 1 is 1.40 bits per heavy atom. The molecular weight excluding hydrogens is 194 g/mol. The van der Waals surface area contributed by atoms with Crippen molar-refractivity contribution < 1.29 is 14.6 Å². The Labute approximate surface area is 89.9 Å². The van der Waals surface area contributed by atoms with E-state index in [2.05, 4.69) is 4.98 Å². The summed E-state index contributed by atoms with van der Waals surface area (Å²) >= 11 is 0. The molecule has 1 N–H and O–H groups in total. The van der Waals surface area contributed by atoms with Gasteiger partial charge in [0.25, 0.3) is 0 Å². The molecule has 1 aromatic heterocycles. The third-order valence-corrected chi connectivity index (χ3v) is 1.94. The van der Waals surface area contributed by atoms with Crippen LogP contribution in [0, 0.1) is 0 Å². The Kier molecular flexibility index (Phi) is 4.52. The number of aliphatic hydroxyl groups excluding tert-OH is 1. The zero-order valence-corrected chi connectivity index (χ0v) is 9.30. The zero-order valence-electron chi connectivity index (χ0n) is 9.30. The molecule has 0 aromatic carbocycles. The Morgan fingerprint density at radius 2 is 2.13 bits per heavy atom. The Bertz CT molecular complexity index is 302. The molecule has 0 amide bonds. The van der Waals surface area contributed by atoms with Crippen molar-refractivity contribution in [1.29, 1.82) is 0 Å². The van der Waals surface area contributed by atoms with Crippen molar-refractivity contribution in [2.45, 2.75) is 26.1 Å². The van der Waals surface area contributed by atoms with Crippen LogP contribution in [-0.2, 0) is 4.74 Å². The monoisotopic (exact) mass is 211 g/mol. The fourth-order valence-corrected chi connectivity index (χ4v) is 1.11. The average Bonchev–Trinajstić information content (AvgIpc) is 2.26. The van der Waals surface area contributed by atoms with Crippen LogP contribution in [0.5, 0.6) is 5.75 Å². The first-order chi connectivity index (χ1) is 7.13. The van der Waals surface area contributed by atoms with Gasteiger partial charge in [-0.05, 0) is 19.9 Å². The maximum Gasteiger partial charge on any atom is 0.137 e. The van der Waals surface area contributed by atoms with Gasteiger partial charge in [-0.25, -0.2) is 0 Å². The van der Waals surface area contributed by atoms with E-state index in [0.717, 1.165) is 0 Å². The summed E-state index contributed by atoms with van der Waals surface area (Å²) in [6, 6.07) is 1.75. The molecule has 0 radical (unpaired) electrons. The van der Waals surface area contributed by atoms with Gasteiger partial charge in [0.15, 0.2) is 0 Å². The Hall–Kier alpha value is -1.13. The van der Waals surface area contributed by atoms with Crippen LogP contribution >= 0.6 is 0 Å². The predicted molar refractivity (Wildman–Crippen MR) is 56.8 cm³/mol. The molecule has 1 aromatic rings. The molecule has 84 valence electrons. The van der Waals surface area contributed by atoms with Crippen molar-refractivity contribution in [3.05, 3.63) is 24.0 Å². The van der Waals surface area contributed by atoms with E-state index in [1.807, 2.05) is 13.8 Å². The fourth-order valence-electron chi connectivity index (χ4n) is 1.11. The lowest BCUT2D eigenvalue weighted by Crippen LogP contribution is -2.12. The topological polar surface area (TPSA) is 51.6 Å². The van der Waals surface area contributed by atoms with Crippen molar-refractivity contribution in [3.8, 4) is 5.75 Å². The first kappa shape index (κ1) is 11.9. The first-order valence-corrected chi connectivity index (χ1v) is 4.92. The molecule has 0 saturated heterocycles. The summed E-state index contributed by atoms with van der Waals surface area (Å²) in [6.07, 6.45) is 2.66. The number of pyridine rings is 1. The minimum Gasteiger partial charge on any atom is -0.495 e. The largest absolute Gasteiger partial charge is 0.495 e. The van der Waals surface area contributed by atoms with Crippen LogP contribution in [0.3, 0.4) is 0 Å². The molecular formula is C11H17NO3. The highest BCUT2D eigenvalue weighted by molar-refractivity contribution is 5.24. The highest BCUT2D eigenvalue weighted by Gasteiger charge is 2.09. The first-order valence-electron chi connectivity index (χ1n) is 4.92. The van der Waals surface area contributed by atoms with Crippen molar-refractivity contribution >= 4 is 0 Å². The third kappa shape index (κ3) is 3.85. The molecule has 0 spiro atoms. The van der Waals surface area contributed by atoms with E-state index in [-0.39, 0.29) is 12.7 Å². The summed E-state index contributed by atoms with van der Waals surface area (Å²) in [6.45, 7) is 4.12. The highest BCUT2D eigenvalue weighted by Crippen LogP contribution is 2.17. The number of aliphatic hydroxyl groups is 1. The predicted octanol–water partition coefficient (Wildman–Crippen LogP) is 1.55. The van der Waals surface area contributed by atoms with E-state index < -0.39 is 6.10 Å². The minimum absolute atomic E-state index is 0.109. The maximum absolute atomic E-state index is 9.77. The normalized spacial score (nSPS) is 12.9. The molecule has 0 bridgehead atoms. The standard InChI is InChI=1S/C11H17NO3/c1-8(2)15-7-11(13)9-4-10(14-3)6-12-5-9/h4-6,8,11,13H,7H2,1-3H3. The number of aromatic nitrogens is 1. The quantitative estimate of drug-likeness (QED) is 0.802. The summed E-state index contributed by atoms with van der Waals surface area (Å²) in [5.74, 6) is 0.635. The number of ether oxygens (including phenoxy) is 2. The van der Waals surface area contributed by atoms with Gasteiger partial charge in [0, 0.05) is 11.8 Å². The second-order valence-corrected chi connectivity index (χ2v) is 3.56. The van der Waals surface area contributed by atoms with Gasteiger partial charge in [-0.3, -0.25) is 4.98 Å². The van der Waals surface area contributed by atoms with Gasteiger partial charge in [0.05, 0.1) is 26.0 Å². The SMILES string of the molecule is COc1cncc(C(O)COC(C)C)c1. The fraction of sp³-hybridized carbons (Fsp3) is 0.545. The van der Waals surface area contributed by atoms with Gasteiger partial charge in [0.2, 0.25) is 0 Å². The lowest BCUT2D eigenvalue weighted by atomic mass is 10.2. The number of hydrogen-bond donors (Lipinski definition) is 1. The molecule has 0 aliphatic rings. The second kappa shape index (κ2) is 5.68. The maximum atomic E-state index is 9.77. The lowest BCUT2D eigenvalue weighted by molar-refractivity contribution is 0.00473. The van der Waals surface area contributed by atoms with E-state index in [9.17, 15) is 5.11 Å². The molecule has 1 unspecified atom stereocenters. The average molecular weight is 211 g/mol. The number of nitrogens with zero attached hydrogens (tertiary/aromatic N) is 1. The number of methoxy groups -OCH3 is 1. The molecule has 1 heterocycles. The Morgan fingerprint density at radius 3 is 2.73 bits per heavy atom. The van der Waals surface area contributed by atoms with Crippen LogP contribution in [0.15, 0.2) is 18.5 Å². The van der Waals surface area contributed by atoms with Crippen molar-refractivity contribution in [3.63, 3.8) is 0 Å². The van der Waals surface area contributed by atoms with Gasteiger partial charge in [0.1, 0.15) is 11.9 Å². The molecule has 4 nitrogen and oxygen atoms in total. The second-order valence-electron chi connectivity index (χ2n) is 3.56. The molecule has 1 atom stereocenters. The highest BCUT2D eigenvalue weighted by atomic mass is 16.5. The molecule has 4 heteroatoms. The molecule has 1 rings (SSSR count). The van der Waals surface area contributed by atoms with Crippen LogP contribution in [0.25, 0.3) is 0 Å². The van der Waals surface area contributed by atoms with Crippen LogP contribution in [0.1, 0.15) is 25.5 Å². The van der Waals surface area contributed by atoms with Crippen molar-refractivity contribution in [2.75, 3.05) is 13.7 Å². The van der Waals surface area contributed by atoms with E-state index in [1.165, 1.54) is 0 Å². The van der Waals surface area contributed by atoms with Crippen LogP contribution in [0.4, 0.5) is 0 Å². The van der Waals surface area contributed by atoms with Crippen LogP contribution < -0.4 is 4.74 Å².